The molecule has 0 atom stereocenters. The normalized spacial score (nSPS) is 14.7. The third kappa shape index (κ3) is 2.45. The van der Waals surface area contributed by atoms with Crippen LogP contribution in [-0.2, 0) is 19.3 Å². The molecule has 0 N–H and O–H groups in total. The van der Waals surface area contributed by atoms with Crippen LogP contribution in [0.1, 0.15) is 33.4 Å². The van der Waals surface area contributed by atoms with Crippen LogP contribution < -0.4 is 0 Å². The van der Waals surface area contributed by atoms with E-state index in [-0.39, 0.29) is 0 Å². The molecule has 2 aromatic rings. The molecular weight excluding hydrogens is 228 g/mol. The first-order valence-corrected chi connectivity index (χ1v) is 7.27. The predicted molar refractivity (Wildman–Crippen MR) is 81.7 cm³/mol. The second kappa shape index (κ2) is 4.85. The van der Waals surface area contributed by atoms with E-state index < -0.39 is 0 Å². The van der Waals surface area contributed by atoms with Crippen LogP contribution in [0.5, 0.6) is 0 Å². The standard InChI is InChI=1S/C19H22/c1-13-8-14(2)19(15(3)9-13)12-16-10-17-6-4-5-7-18(17)11-16/h4-9,16H,10-12H2,1-3H3. The van der Waals surface area contributed by atoms with E-state index in [0.717, 1.165) is 5.92 Å². The molecule has 3 rings (SSSR count). The Morgan fingerprint density at radius 3 is 1.95 bits per heavy atom. The van der Waals surface area contributed by atoms with Gasteiger partial charge in [-0.1, -0.05) is 42.0 Å². The summed E-state index contributed by atoms with van der Waals surface area (Å²) < 4.78 is 0. The molecule has 1 aliphatic rings. The smallest absolute Gasteiger partial charge is 0.0239 e. The molecule has 0 heteroatoms. The highest BCUT2D eigenvalue weighted by molar-refractivity contribution is 5.39. The van der Waals surface area contributed by atoms with E-state index in [2.05, 4.69) is 57.2 Å². The fraction of sp³-hybridized carbons (Fsp3) is 0.368. The highest BCUT2D eigenvalue weighted by Gasteiger charge is 2.22. The quantitative estimate of drug-likeness (QED) is 0.732. The van der Waals surface area contributed by atoms with Crippen LogP contribution in [0.15, 0.2) is 36.4 Å². The maximum absolute atomic E-state index is 2.32. The molecule has 2 aromatic carbocycles. The summed E-state index contributed by atoms with van der Waals surface area (Å²) in [5.41, 5.74) is 9.02. The Labute approximate surface area is 116 Å². The Morgan fingerprint density at radius 2 is 1.42 bits per heavy atom. The van der Waals surface area contributed by atoms with E-state index >= 15 is 0 Å². The molecule has 0 nitrogen and oxygen atoms in total. The Bertz CT molecular complexity index is 559. The van der Waals surface area contributed by atoms with E-state index in [1.807, 2.05) is 0 Å². The summed E-state index contributed by atoms with van der Waals surface area (Å²) in [5.74, 6) is 0.789. The maximum atomic E-state index is 2.32. The number of rotatable bonds is 2. The predicted octanol–water partition coefficient (Wildman–Crippen LogP) is 4.57. The van der Waals surface area contributed by atoms with Crippen molar-refractivity contribution in [1.82, 2.24) is 0 Å². The van der Waals surface area contributed by atoms with E-state index in [4.69, 9.17) is 0 Å². The number of hydrogen-bond acceptors (Lipinski definition) is 0. The Kier molecular flexibility index (Phi) is 3.18. The van der Waals surface area contributed by atoms with Crippen molar-refractivity contribution in [2.45, 2.75) is 40.0 Å². The third-order valence-corrected chi connectivity index (χ3v) is 4.47. The Hall–Kier alpha value is -1.56. The van der Waals surface area contributed by atoms with E-state index in [1.54, 1.807) is 16.7 Å². The van der Waals surface area contributed by atoms with Gasteiger partial charge in [-0.3, -0.25) is 0 Å². The van der Waals surface area contributed by atoms with Gasteiger partial charge in [0.2, 0.25) is 0 Å². The molecule has 19 heavy (non-hydrogen) atoms. The van der Waals surface area contributed by atoms with Gasteiger partial charge in [-0.2, -0.15) is 0 Å². The third-order valence-electron chi connectivity index (χ3n) is 4.47. The van der Waals surface area contributed by atoms with E-state index in [9.17, 15) is 0 Å². The second-order valence-electron chi connectivity index (χ2n) is 6.12. The summed E-state index contributed by atoms with van der Waals surface area (Å²) in [4.78, 5) is 0. The molecule has 0 spiro atoms. The van der Waals surface area contributed by atoms with E-state index in [1.165, 1.54) is 36.0 Å². The number of hydrogen-bond donors (Lipinski definition) is 0. The Morgan fingerprint density at radius 1 is 0.895 bits per heavy atom. The monoisotopic (exact) mass is 250 g/mol. The molecule has 0 radical (unpaired) electrons. The van der Waals surface area contributed by atoms with Gasteiger partial charge in [0.15, 0.2) is 0 Å². The zero-order chi connectivity index (χ0) is 13.4. The minimum Gasteiger partial charge on any atom is -0.0620 e. The van der Waals surface area contributed by atoms with Gasteiger partial charge < -0.3 is 0 Å². The average molecular weight is 250 g/mol. The first-order chi connectivity index (χ1) is 9.13. The molecule has 0 aliphatic heterocycles. The van der Waals surface area contributed by atoms with Crippen LogP contribution in [0.4, 0.5) is 0 Å². The van der Waals surface area contributed by atoms with Crippen LogP contribution in [0, 0.1) is 26.7 Å². The fourth-order valence-corrected chi connectivity index (χ4v) is 3.61. The molecule has 0 fully saturated rings. The van der Waals surface area contributed by atoms with Crippen molar-refractivity contribution in [2.24, 2.45) is 5.92 Å². The van der Waals surface area contributed by atoms with Crippen molar-refractivity contribution in [1.29, 1.82) is 0 Å². The molecular formula is C19H22. The van der Waals surface area contributed by atoms with Crippen molar-refractivity contribution in [2.75, 3.05) is 0 Å². The van der Waals surface area contributed by atoms with Crippen molar-refractivity contribution in [3.05, 3.63) is 69.8 Å². The van der Waals surface area contributed by atoms with Crippen molar-refractivity contribution in [3.8, 4) is 0 Å². The zero-order valence-electron chi connectivity index (χ0n) is 12.2. The highest BCUT2D eigenvalue weighted by atomic mass is 14.3. The zero-order valence-corrected chi connectivity index (χ0v) is 12.2. The van der Waals surface area contributed by atoms with Gasteiger partial charge in [0, 0.05) is 0 Å². The van der Waals surface area contributed by atoms with Crippen LogP contribution in [0.2, 0.25) is 0 Å². The van der Waals surface area contributed by atoms with Gasteiger partial charge in [0.25, 0.3) is 0 Å². The number of aryl methyl sites for hydroxylation is 3. The lowest BCUT2D eigenvalue weighted by atomic mass is 9.90. The maximum Gasteiger partial charge on any atom is -0.0239 e. The molecule has 0 bridgehead atoms. The molecule has 0 heterocycles. The molecule has 0 saturated carbocycles. The van der Waals surface area contributed by atoms with Crippen LogP contribution >= 0.6 is 0 Å². The molecule has 1 aliphatic carbocycles. The lowest BCUT2D eigenvalue weighted by Gasteiger charge is -2.15. The summed E-state index contributed by atoms with van der Waals surface area (Å²) in [6, 6.07) is 13.6. The minimum atomic E-state index is 0.789. The van der Waals surface area contributed by atoms with Crippen LogP contribution in [0.25, 0.3) is 0 Å². The SMILES string of the molecule is Cc1cc(C)c(CC2Cc3ccccc3C2)c(C)c1. The lowest BCUT2D eigenvalue weighted by molar-refractivity contribution is 0.556. The number of fused-ring (bicyclic) bond motifs is 1. The lowest BCUT2D eigenvalue weighted by Crippen LogP contribution is -2.07. The van der Waals surface area contributed by atoms with Gasteiger partial charge >= 0.3 is 0 Å². The van der Waals surface area contributed by atoms with Crippen molar-refractivity contribution < 1.29 is 0 Å². The van der Waals surface area contributed by atoms with Crippen molar-refractivity contribution in [3.63, 3.8) is 0 Å². The van der Waals surface area contributed by atoms with Gasteiger partial charge in [-0.25, -0.2) is 0 Å². The first-order valence-electron chi connectivity index (χ1n) is 7.27. The fourth-order valence-electron chi connectivity index (χ4n) is 3.61. The van der Waals surface area contributed by atoms with Gasteiger partial charge in [-0.05, 0) is 73.8 Å². The Balaban J connectivity index is 1.82. The molecule has 0 unspecified atom stereocenters. The van der Waals surface area contributed by atoms with Crippen molar-refractivity contribution >= 4 is 0 Å². The summed E-state index contributed by atoms with van der Waals surface area (Å²) in [6.45, 7) is 6.71. The molecule has 98 valence electrons. The second-order valence-corrected chi connectivity index (χ2v) is 6.12. The van der Waals surface area contributed by atoms with Gasteiger partial charge in [0.05, 0.1) is 0 Å². The minimum absolute atomic E-state index is 0.789. The first kappa shape index (κ1) is 12.5. The van der Waals surface area contributed by atoms with Crippen LogP contribution in [0.3, 0.4) is 0 Å². The molecule has 0 amide bonds. The number of benzene rings is 2. The van der Waals surface area contributed by atoms with E-state index in [0.29, 0.717) is 0 Å². The summed E-state index contributed by atoms with van der Waals surface area (Å²) in [5, 5.41) is 0. The molecule has 0 aromatic heterocycles. The molecule has 0 saturated heterocycles. The van der Waals surface area contributed by atoms with Gasteiger partial charge in [-0.15, -0.1) is 0 Å². The summed E-state index contributed by atoms with van der Waals surface area (Å²) in [7, 11) is 0. The highest BCUT2D eigenvalue weighted by Crippen LogP contribution is 2.30. The largest absolute Gasteiger partial charge is 0.0620 e. The average Bonchev–Trinajstić information content (AvgIpc) is 2.76. The summed E-state index contributed by atoms with van der Waals surface area (Å²) in [6.07, 6.45) is 3.73. The topological polar surface area (TPSA) is 0 Å². The van der Waals surface area contributed by atoms with Crippen LogP contribution in [-0.4, -0.2) is 0 Å². The van der Waals surface area contributed by atoms with Gasteiger partial charge in [0.1, 0.15) is 0 Å². The summed E-state index contributed by atoms with van der Waals surface area (Å²) >= 11 is 0.